The van der Waals surface area contributed by atoms with Crippen LogP contribution in [0.4, 0.5) is 11.4 Å². The van der Waals surface area contributed by atoms with Gasteiger partial charge in [-0.25, -0.2) is 4.99 Å². The molecule has 2 aliphatic rings. The molecule has 2 aromatic carbocycles. The van der Waals surface area contributed by atoms with Gasteiger partial charge in [-0.15, -0.1) is 18.2 Å². The normalized spacial score (nSPS) is 17.0. The molecule has 10 heteroatoms. The van der Waals surface area contributed by atoms with Gasteiger partial charge < -0.3 is 20.1 Å². The molecule has 0 unspecified atom stereocenters. The van der Waals surface area contributed by atoms with Crippen LogP contribution in [-0.2, 0) is 14.9 Å². The number of aliphatic imine (C=N–C) groups is 1. The molecule has 0 bridgehead atoms. The van der Waals surface area contributed by atoms with Crippen molar-refractivity contribution in [3.05, 3.63) is 47.5 Å². The molecular weight excluding hydrogens is 560 g/mol. The molecule has 2 heterocycles. The molecule has 232 valence electrons. The third-order valence-corrected chi connectivity index (χ3v) is 8.82. The van der Waals surface area contributed by atoms with E-state index >= 15 is 0 Å². The number of ether oxygens (including phenoxy) is 2. The second-order valence-electron chi connectivity index (χ2n) is 11.5. The summed E-state index contributed by atoms with van der Waals surface area (Å²) < 4.78 is 11.8. The van der Waals surface area contributed by atoms with Gasteiger partial charge in [0.2, 0.25) is 5.91 Å². The molecule has 0 saturated carbocycles. The first-order valence-electron chi connectivity index (χ1n) is 15.1. The maximum atomic E-state index is 13.1. The number of carbonyl (C=O) groups is 1. The molecule has 3 N–H and O–H groups in total. The first-order chi connectivity index (χ1) is 20.8. The summed E-state index contributed by atoms with van der Waals surface area (Å²) in [7, 11) is 0. The Hall–Kier alpha value is -3.39. The number of carbonyl (C=O) groups excluding carboxylic acids is 1. The molecule has 0 aromatic heterocycles. The third-order valence-electron chi connectivity index (χ3n) is 8.04. The number of hydrogen-bond acceptors (Lipinski definition) is 8. The molecule has 1 fully saturated rings. The van der Waals surface area contributed by atoms with Gasteiger partial charge in [0.1, 0.15) is 5.75 Å². The summed E-state index contributed by atoms with van der Waals surface area (Å²) in [6.07, 6.45) is 10.3. The van der Waals surface area contributed by atoms with Gasteiger partial charge in [-0.3, -0.25) is 19.9 Å². The highest BCUT2D eigenvalue weighted by Crippen LogP contribution is 2.42. The number of amidine groups is 1. The highest BCUT2D eigenvalue weighted by molar-refractivity contribution is 7.98. The van der Waals surface area contributed by atoms with Crippen molar-refractivity contribution >= 4 is 35.1 Å². The summed E-state index contributed by atoms with van der Waals surface area (Å²) in [6, 6.07) is 12.4. The van der Waals surface area contributed by atoms with E-state index in [2.05, 4.69) is 70.4 Å². The lowest BCUT2D eigenvalue weighted by Gasteiger charge is -2.38. The monoisotopic (exact) mass is 606 g/mol. The van der Waals surface area contributed by atoms with Gasteiger partial charge in [0.15, 0.2) is 6.73 Å². The van der Waals surface area contributed by atoms with Crippen LogP contribution in [0.25, 0.3) is 0 Å². The average molecular weight is 607 g/mol. The van der Waals surface area contributed by atoms with Crippen LogP contribution >= 0.6 is 11.8 Å². The fourth-order valence-electron chi connectivity index (χ4n) is 5.60. The van der Waals surface area contributed by atoms with Crippen molar-refractivity contribution in [1.82, 2.24) is 10.2 Å². The minimum Gasteiger partial charge on any atom is -0.494 e. The molecule has 2 aliphatic heterocycles. The Morgan fingerprint density at radius 2 is 1.95 bits per heavy atom. The van der Waals surface area contributed by atoms with E-state index in [-0.39, 0.29) is 24.1 Å². The van der Waals surface area contributed by atoms with Crippen molar-refractivity contribution in [2.24, 2.45) is 10.7 Å². The van der Waals surface area contributed by atoms with Crippen LogP contribution in [0.5, 0.6) is 5.75 Å². The highest BCUT2D eigenvalue weighted by Gasteiger charge is 2.37. The summed E-state index contributed by atoms with van der Waals surface area (Å²) in [5.74, 6) is 3.63. The quantitative estimate of drug-likeness (QED) is 0.115. The molecule has 0 radical (unpaired) electrons. The van der Waals surface area contributed by atoms with E-state index in [4.69, 9.17) is 21.6 Å². The van der Waals surface area contributed by atoms with Crippen LogP contribution in [0, 0.1) is 12.3 Å². The number of hydrogen-bond donors (Lipinski definition) is 2. The van der Waals surface area contributed by atoms with Gasteiger partial charge in [0, 0.05) is 49.0 Å². The third kappa shape index (κ3) is 8.37. The SMILES string of the molecule is C#Cc1c(SC)cccc1N1CCN(CCCCOc2ccc3c(c2)N(COC(N)=NCNCC)C(=O)CC3(C)C)CC1. The number of thioether (sulfide) groups is 1. The van der Waals surface area contributed by atoms with Crippen LogP contribution in [0.3, 0.4) is 0 Å². The summed E-state index contributed by atoms with van der Waals surface area (Å²) in [4.78, 5) is 24.9. The van der Waals surface area contributed by atoms with Crippen molar-refractivity contribution in [1.29, 1.82) is 0 Å². The number of amides is 1. The zero-order chi connectivity index (χ0) is 30.8. The fourth-order valence-corrected chi connectivity index (χ4v) is 6.18. The number of piperazine rings is 1. The summed E-state index contributed by atoms with van der Waals surface area (Å²) in [5.41, 5.74) is 9.67. The zero-order valence-corrected chi connectivity index (χ0v) is 26.8. The molecule has 2 aromatic rings. The van der Waals surface area contributed by atoms with E-state index in [9.17, 15) is 4.79 Å². The van der Waals surface area contributed by atoms with E-state index in [1.807, 2.05) is 19.1 Å². The molecule has 0 atom stereocenters. The van der Waals surface area contributed by atoms with E-state index in [0.717, 1.165) is 79.6 Å². The van der Waals surface area contributed by atoms with E-state index in [1.54, 1.807) is 16.7 Å². The molecule has 1 saturated heterocycles. The fraction of sp³-hybridized carbons (Fsp3) is 0.515. The van der Waals surface area contributed by atoms with Gasteiger partial charge in [0.25, 0.3) is 6.02 Å². The minimum absolute atomic E-state index is 0.00708. The first kappa shape index (κ1) is 32.5. The van der Waals surface area contributed by atoms with Gasteiger partial charge in [-0.2, -0.15) is 0 Å². The molecule has 1 amide bonds. The number of rotatable bonds is 13. The summed E-state index contributed by atoms with van der Waals surface area (Å²) >= 11 is 1.70. The maximum Gasteiger partial charge on any atom is 0.284 e. The van der Waals surface area contributed by atoms with Crippen molar-refractivity contribution in [2.75, 3.05) is 75.3 Å². The smallest absolute Gasteiger partial charge is 0.284 e. The Balaban J connectivity index is 1.26. The van der Waals surface area contributed by atoms with Crippen LogP contribution in [-0.4, -0.2) is 82.4 Å². The van der Waals surface area contributed by atoms with E-state index in [1.165, 1.54) is 5.69 Å². The molecule has 43 heavy (non-hydrogen) atoms. The van der Waals surface area contributed by atoms with Crippen LogP contribution in [0.15, 0.2) is 46.3 Å². The largest absolute Gasteiger partial charge is 0.494 e. The highest BCUT2D eigenvalue weighted by atomic mass is 32.2. The number of benzene rings is 2. The topological polar surface area (TPSA) is 95.7 Å². The van der Waals surface area contributed by atoms with E-state index in [0.29, 0.717) is 19.7 Å². The molecular formula is C33H46N6O3S. The predicted octanol–water partition coefficient (Wildman–Crippen LogP) is 4.24. The van der Waals surface area contributed by atoms with Crippen molar-refractivity contribution in [3.8, 4) is 18.1 Å². The second-order valence-corrected chi connectivity index (χ2v) is 12.3. The zero-order valence-electron chi connectivity index (χ0n) is 26.0. The minimum atomic E-state index is -0.281. The molecule has 0 spiro atoms. The van der Waals surface area contributed by atoms with Gasteiger partial charge in [-0.05, 0) is 55.9 Å². The van der Waals surface area contributed by atoms with Crippen molar-refractivity contribution in [2.45, 2.75) is 50.3 Å². The van der Waals surface area contributed by atoms with Crippen molar-refractivity contribution in [3.63, 3.8) is 0 Å². The molecule has 0 aliphatic carbocycles. The Bertz CT molecular complexity index is 1320. The number of fused-ring (bicyclic) bond motifs is 1. The lowest BCUT2D eigenvalue weighted by atomic mass is 9.77. The van der Waals surface area contributed by atoms with Crippen LogP contribution in [0.1, 0.15) is 51.2 Å². The second kappa shape index (κ2) is 15.4. The maximum absolute atomic E-state index is 13.1. The Kier molecular flexibility index (Phi) is 11.6. The lowest BCUT2D eigenvalue weighted by Crippen LogP contribution is -2.46. The standard InChI is InChI=1S/C33H46N6O3S/c1-6-26-28(11-10-12-30(26)43-5)38-18-16-37(17-19-38)15-8-9-20-41-25-13-14-27-29(21-25)39(31(40)22-33(27,3)4)24-42-32(34)36-23-35-7-2/h1,10-14,21,35H,7-9,15-20,22-24H2,2-5H3,(H2,34,36). The van der Waals surface area contributed by atoms with Gasteiger partial charge >= 0.3 is 0 Å². The number of terminal acetylenes is 1. The average Bonchev–Trinajstić information content (AvgIpc) is 3.00. The Morgan fingerprint density at radius 3 is 2.67 bits per heavy atom. The Morgan fingerprint density at radius 1 is 1.16 bits per heavy atom. The van der Waals surface area contributed by atoms with Gasteiger partial charge in [0.05, 0.1) is 30.2 Å². The first-order valence-corrected chi connectivity index (χ1v) is 16.3. The molecule has 9 nitrogen and oxygen atoms in total. The number of nitrogens with one attached hydrogen (secondary N) is 1. The summed E-state index contributed by atoms with van der Waals surface area (Å²) in [5, 5.41) is 3.07. The Labute approximate surface area is 261 Å². The number of anilines is 2. The lowest BCUT2D eigenvalue weighted by molar-refractivity contribution is -0.120. The van der Waals surface area contributed by atoms with Gasteiger partial charge in [-0.1, -0.05) is 38.8 Å². The number of nitrogens with two attached hydrogens (primary N) is 1. The van der Waals surface area contributed by atoms with Crippen LogP contribution < -0.4 is 25.6 Å². The van der Waals surface area contributed by atoms with Crippen LogP contribution in [0.2, 0.25) is 0 Å². The summed E-state index contributed by atoms with van der Waals surface area (Å²) in [6.45, 7) is 13.0. The number of unbranched alkanes of at least 4 members (excludes halogenated alkanes) is 1. The van der Waals surface area contributed by atoms with E-state index < -0.39 is 0 Å². The molecule has 4 rings (SSSR count). The van der Waals surface area contributed by atoms with Crippen molar-refractivity contribution < 1.29 is 14.3 Å². The number of nitrogens with zero attached hydrogens (tertiary/aromatic N) is 4. The predicted molar refractivity (Wildman–Crippen MR) is 177 cm³/mol.